The van der Waals surface area contributed by atoms with E-state index < -0.39 is 0 Å². The maximum atomic E-state index is 11.0. The number of aromatic nitrogens is 1. The Labute approximate surface area is 99.3 Å². The number of hydrogen-bond acceptors (Lipinski definition) is 3. The van der Waals surface area contributed by atoms with E-state index in [-0.39, 0.29) is 17.7 Å². The van der Waals surface area contributed by atoms with Gasteiger partial charge in [-0.2, -0.15) is 0 Å². The molecule has 1 aromatic heterocycles. The number of rotatable bonds is 2. The van der Waals surface area contributed by atoms with Crippen molar-refractivity contribution in [3.8, 4) is 5.75 Å². The molecular weight excluding hydrogens is 216 g/mol. The molecule has 4 heteroatoms. The molecule has 1 heterocycles. The van der Waals surface area contributed by atoms with Crippen LogP contribution in [0.1, 0.15) is 25.5 Å². The molecular formula is C13H14N2O2. The van der Waals surface area contributed by atoms with Gasteiger partial charge in [0.25, 0.3) is 0 Å². The molecule has 0 fully saturated rings. The number of phenols is 1. The van der Waals surface area contributed by atoms with Gasteiger partial charge in [0.05, 0.1) is 6.04 Å². The highest BCUT2D eigenvalue weighted by Crippen LogP contribution is 2.30. The van der Waals surface area contributed by atoms with E-state index >= 15 is 0 Å². The number of phenolic OH excluding ortho intramolecular Hbond substituents is 1. The summed E-state index contributed by atoms with van der Waals surface area (Å²) in [5.74, 6) is 0.00219. The number of nitrogens with one attached hydrogen (secondary N) is 1. The summed E-state index contributed by atoms with van der Waals surface area (Å²) in [4.78, 5) is 15.1. The van der Waals surface area contributed by atoms with Gasteiger partial charge in [-0.3, -0.25) is 9.78 Å². The Morgan fingerprint density at radius 2 is 2.18 bits per heavy atom. The average Bonchev–Trinajstić information content (AvgIpc) is 2.28. The number of amides is 1. The normalized spacial score (nSPS) is 12.4. The molecule has 4 nitrogen and oxygen atoms in total. The van der Waals surface area contributed by atoms with Crippen LogP contribution in [0.4, 0.5) is 0 Å². The van der Waals surface area contributed by atoms with Gasteiger partial charge in [-0.15, -0.1) is 0 Å². The summed E-state index contributed by atoms with van der Waals surface area (Å²) in [5, 5.41) is 13.7. The predicted octanol–water partition coefficient (Wildman–Crippen LogP) is 2.14. The van der Waals surface area contributed by atoms with Gasteiger partial charge >= 0.3 is 0 Å². The Balaban J connectivity index is 2.48. The SMILES string of the molecule is CC(=O)NC(C)c1ccc2cccnc2c1O. The van der Waals surface area contributed by atoms with E-state index in [1.165, 1.54) is 6.92 Å². The van der Waals surface area contributed by atoms with Gasteiger partial charge in [-0.25, -0.2) is 0 Å². The molecule has 0 spiro atoms. The molecule has 1 amide bonds. The van der Waals surface area contributed by atoms with Gasteiger partial charge in [0, 0.05) is 24.1 Å². The van der Waals surface area contributed by atoms with Crippen molar-refractivity contribution in [3.05, 3.63) is 36.0 Å². The fourth-order valence-electron chi connectivity index (χ4n) is 1.88. The van der Waals surface area contributed by atoms with Crippen LogP contribution in [0.3, 0.4) is 0 Å². The molecule has 0 aliphatic carbocycles. The second-order valence-electron chi connectivity index (χ2n) is 4.00. The van der Waals surface area contributed by atoms with Crippen LogP contribution in [0.15, 0.2) is 30.5 Å². The van der Waals surface area contributed by atoms with Crippen molar-refractivity contribution in [2.45, 2.75) is 19.9 Å². The van der Waals surface area contributed by atoms with Gasteiger partial charge in [0.2, 0.25) is 5.91 Å². The fourth-order valence-corrected chi connectivity index (χ4v) is 1.88. The summed E-state index contributed by atoms with van der Waals surface area (Å²) in [6.45, 7) is 3.28. The van der Waals surface area contributed by atoms with Crippen LogP contribution in [-0.2, 0) is 4.79 Å². The van der Waals surface area contributed by atoms with Crippen LogP contribution < -0.4 is 5.32 Å². The molecule has 17 heavy (non-hydrogen) atoms. The minimum absolute atomic E-state index is 0.127. The van der Waals surface area contributed by atoms with Gasteiger partial charge in [-0.1, -0.05) is 18.2 Å². The maximum absolute atomic E-state index is 11.0. The molecule has 0 bridgehead atoms. The monoisotopic (exact) mass is 230 g/mol. The largest absolute Gasteiger partial charge is 0.505 e. The minimum Gasteiger partial charge on any atom is -0.505 e. The molecule has 1 unspecified atom stereocenters. The van der Waals surface area contributed by atoms with Crippen LogP contribution in [-0.4, -0.2) is 16.0 Å². The molecule has 0 saturated heterocycles. The second-order valence-corrected chi connectivity index (χ2v) is 4.00. The van der Waals surface area contributed by atoms with Crippen molar-refractivity contribution in [3.63, 3.8) is 0 Å². The average molecular weight is 230 g/mol. The van der Waals surface area contributed by atoms with Gasteiger partial charge in [0.1, 0.15) is 11.3 Å². The van der Waals surface area contributed by atoms with E-state index in [9.17, 15) is 9.90 Å². The molecule has 2 aromatic rings. The fraction of sp³-hybridized carbons (Fsp3) is 0.231. The smallest absolute Gasteiger partial charge is 0.217 e. The Morgan fingerprint density at radius 3 is 2.88 bits per heavy atom. The third-order valence-corrected chi connectivity index (χ3v) is 2.67. The number of benzene rings is 1. The van der Waals surface area contributed by atoms with Gasteiger partial charge in [-0.05, 0) is 13.0 Å². The lowest BCUT2D eigenvalue weighted by Gasteiger charge is -2.15. The van der Waals surface area contributed by atoms with Crippen LogP contribution in [0.25, 0.3) is 10.9 Å². The molecule has 0 aliphatic rings. The first-order valence-corrected chi connectivity index (χ1v) is 5.43. The number of fused-ring (bicyclic) bond motifs is 1. The van der Waals surface area contributed by atoms with Crippen LogP contribution in [0.2, 0.25) is 0 Å². The number of aromatic hydroxyl groups is 1. The molecule has 0 aliphatic heterocycles. The summed E-state index contributed by atoms with van der Waals surface area (Å²) >= 11 is 0. The first-order chi connectivity index (χ1) is 8.09. The number of nitrogens with zero attached hydrogens (tertiary/aromatic N) is 1. The lowest BCUT2D eigenvalue weighted by Crippen LogP contribution is -2.23. The molecule has 2 N–H and O–H groups in total. The highest BCUT2D eigenvalue weighted by molar-refractivity contribution is 5.85. The van der Waals surface area contributed by atoms with Crippen molar-refractivity contribution >= 4 is 16.8 Å². The minimum atomic E-state index is -0.237. The number of carbonyl (C=O) groups is 1. The topological polar surface area (TPSA) is 62.2 Å². The summed E-state index contributed by atoms with van der Waals surface area (Å²) in [5.41, 5.74) is 1.23. The summed E-state index contributed by atoms with van der Waals surface area (Å²) in [6, 6.07) is 7.15. The Kier molecular flexibility index (Phi) is 2.95. The molecule has 1 atom stereocenters. The first kappa shape index (κ1) is 11.4. The molecule has 0 radical (unpaired) electrons. The summed E-state index contributed by atoms with van der Waals surface area (Å²) in [7, 11) is 0. The second kappa shape index (κ2) is 4.41. The molecule has 2 rings (SSSR count). The Morgan fingerprint density at radius 1 is 1.41 bits per heavy atom. The summed E-state index contributed by atoms with van der Waals surface area (Å²) < 4.78 is 0. The highest BCUT2D eigenvalue weighted by atomic mass is 16.3. The standard InChI is InChI=1S/C13H14N2O2/c1-8(15-9(2)16)11-6-5-10-4-3-7-14-12(10)13(11)17/h3-8,17H,1-2H3,(H,15,16). The van der Waals surface area contributed by atoms with Crippen molar-refractivity contribution in [1.82, 2.24) is 10.3 Å². The zero-order chi connectivity index (χ0) is 12.4. The lowest BCUT2D eigenvalue weighted by molar-refractivity contribution is -0.119. The van der Waals surface area contributed by atoms with Crippen molar-refractivity contribution in [1.29, 1.82) is 0 Å². The van der Waals surface area contributed by atoms with Crippen LogP contribution >= 0.6 is 0 Å². The zero-order valence-corrected chi connectivity index (χ0v) is 9.77. The maximum Gasteiger partial charge on any atom is 0.217 e. The van der Waals surface area contributed by atoms with Crippen molar-refractivity contribution < 1.29 is 9.90 Å². The molecule has 88 valence electrons. The van der Waals surface area contributed by atoms with Gasteiger partial charge < -0.3 is 10.4 Å². The number of pyridine rings is 1. The number of hydrogen-bond donors (Lipinski definition) is 2. The van der Waals surface area contributed by atoms with E-state index in [2.05, 4.69) is 10.3 Å². The van der Waals surface area contributed by atoms with E-state index in [0.717, 1.165) is 5.39 Å². The van der Waals surface area contributed by atoms with E-state index in [4.69, 9.17) is 0 Å². The van der Waals surface area contributed by atoms with Crippen molar-refractivity contribution in [2.75, 3.05) is 0 Å². The third-order valence-electron chi connectivity index (χ3n) is 2.67. The first-order valence-electron chi connectivity index (χ1n) is 5.43. The van der Waals surface area contributed by atoms with E-state index in [1.807, 2.05) is 25.1 Å². The Hall–Kier alpha value is -2.10. The number of carbonyl (C=O) groups excluding carboxylic acids is 1. The molecule has 1 aromatic carbocycles. The summed E-state index contributed by atoms with van der Waals surface area (Å²) in [6.07, 6.45) is 1.63. The molecule has 0 saturated carbocycles. The van der Waals surface area contributed by atoms with Crippen LogP contribution in [0.5, 0.6) is 5.75 Å². The third kappa shape index (κ3) is 2.20. The highest BCUT2D eigenvalue weighted by Gasteiger charge is 2.14. The zero-order valence-electron chi connectivity index (χ0n) is 9.77. The van der Waals surface area contributed by atoms with Crippen molar-refractivity contribution in [2.24, 2.45) is 0 Å². The van der Waals surface area contributed by atoms with E-state index in [1.54, 1.807) is 12.3 Å². The van der Waals surface area contributed by atoms with E-state index in [0.29, 0.717) is 11.1 Å². The predicted molar refractivity (Wildman–Crippen MR) is 65.6 cm³/mol. The lowest BCUT2D eigenvalue weighted by atomic mass is 10.0. The van der Waals surface area contributed by atoms with Crippen LogP contribution in [0, 0.1) is 0 Å². The Bertz CT molecular complexity index is 566. The quantitative estimate of drug-likeness (QED) is 0.830. The van der Waals surface area contributed by atoms with Gasteiger partial charge in [0.15, 0.2) is 0 Å².